The summed E-state index contributed by atoms with van der Waals surface area (Å²) in [5.74, 6) is 0.0601. The zero-order valence-electron chi connectivity index (χ0n) is 8.65. The van der Waals surface area contributed by atoms with Gasteiger partial charge in [-0.3, -0.25) is 9.78 Å². The average Bonchev–Trinajstić information content (AvgIpc) is 2.63. The highest BCUT2D eigenvalue weighted by molar-refractivity contribution is 7.10. The first kappa shape index (κ1) is 10.1. The minimum absolute atomic E-state index is 0.0601. The monoisotopic (exact) mass is 217 g/mol. The second kappa shape index (κ2) is 3.95. The van der Waals surface area contributed by atoms with E-state index in [1.807, 2.05) is 31.4 Å². The molecule has 2 aromatic rings. The number of rotatable bonds is 2. The normalized spacial score (nSPS) is 10.3. The van der Waals surface area contributed by atoms with Gasteiger partial charge in [-0.15, -0.1) is 11.3 Å². The van der Waals surface area contributed by atoms with Gasteiger partial charge in [-0.2, -0.15) is 0 Å². The van der Waals surface area contributed by atoms with Gasteiger partial charge in [0.25, 0.3) is 0 Å². The Labute approximate surface area is 92.6 Å². The Kier molecular flexibility index (Phi) is 2.64. The molecule has 0 atom stereocenters. The fraction of sp³-hybridized carbons (Fsp3) is 0.167. The Hall–Kier alpha value is -1.48. The molecule has 2 heterocycles. The topological polar surface area (TPSA) is 30.0 Å². The highest BCUT2D eigenvalue weighted by Gasteiger charge is 2.12. The van der Waals surface area contributed by atoms with Crippen LogP contribution in [-0.4, -0.2) is 10.8 Å². The number of aromatic nitrogens is 1. The highest BCUT2D eigenvalue weighted by atomic mass is 32.1. The molecular weight excluding hydrogens is 206 g/mol. The van der Waals surface area contributed by atoms with Crippen LogP contribution >= 0.6 is 11.3 Å². The van der Waals surface area contributed by atoms with Gasteiger partial charge in [-0.1, -0.05) is 0 Å². The van der Waals surface area contributed by atoms with Gasteiger partial charge in [-0.05, 0) is 36.9 Å². The molecule has 15 heavy (non-hydrogen) atoms. The average molecular weight is 217 g/mol. The van der Waals surface area contributed by atoms with Gasteiger partial charge in [0.15, 0.2) is 5.78 Å². The number of hydrogen-bond acceptors (Lipinski definition) is 3. The van der Waals surface area contributed by atoms with Crippen LogP contribution < -0.4 is 0 Å². The van der Waals surface area contributed by atoms with Crippen LogP contribution in [0.15, 0.2) is 29.9 Å². The predicted molar refractivity (Wildman–Crippen MR) is 61.5 cm³/mol. The Morgan fingerprint density at radius 1 is 1.33 bits per heavy atom. The van der Waals surface area contributed by atoms with Crippen molar-refractivity contribution < 1.29 is 4.79 Å². The summed E-state index contributed by atoms with van der Waals surface area (Å²) in [6.45, 7) is 3.89. The van der Waals surface area contributed by atoms with Crippen LogP contribution in [0.2, 0.25) is 0 Å². The maximum Gasteiger partial charge on any atom is 0.195 e. The number of carbonyl (C=O) groups excluding carboxylic acids is 1. The molecule has 0 bridgehead atoms. The molecule has 0 aromatic carbocycles. The van der Waals surface area contributed by atoms with E-state index >= 15 is 0 Å². The van der Waals surface area contributed by atoms with Gasteiger partial charge in [0, 0.05) is 28.4 Å². The van der Waals surface area contributed by atoms with Crippen molar-refractivity contribution in [2.45, 2.75) is 13.8 Å². The van der Waals surface area contributed by atoms with E-state index in [9.17, 15) is 4.79 Å². The fourth-order valence-corrected chi connectivity index (χ4v) is 2.15. The summed E-state index contributed by atoms with van der Waals surface area (Å²) in [5.41, 5.74) is 2.46. The standard InChI is InChI=1S/C12H11NOS/c1-8-5-10(7-13-6-8)12(14)11-3-4-15-9(11)2/h3-7H,1-2H3. The van der Waals surface area contributed by atoms with Crippen molar-refractivity contribution >= 4 is 17.1 Å². The number of ketones is 1. The zero-order valence-corrected chi connectivity index (χ0v) is 9.47. The summed E-state index contributed by atoms with van der Waals surface area (Å²) < 4.78 is 0. The summed E-state index contributed by atoms with van der Waals surface area (Å²) in [4.78, 5) is 17.1. The second-order valence-electron chi connectivity index (χ2n) is 3.47. The van der Waals surface area contributed by atoms with Gasteiger partial charge in [-0.25, -0.2) is 0 Å². The minimum Gasteiger partial charge on any atom is -0.289 e. The van der Waals surface area contributed by atoms with E-state index < -0.39 is 0 Å². The molecule has 0 radical (unpaired) electrons. The number of carbonyl (C=O) groups is 1. The zero-order chi connectivity index (χ0) is 10.8. The number of aryl methyl sites for hydroxylation is 2. The lowest BCUT2D eigenvalue weighted by Gasteiger charge is -2.00. The third kappa shape index (κ3) is 1.97. The summed E-state index contributed by atoms with van der Waals surface area (Å²) in [7, 11) is 0. The molecule has 0 N–H and O–H groups in total. The third-order valence-electron chi connectivity index (χ3n) is 2.24. The number of thiophene rings is 1. The molecule has 2 aromatic heterocycles. The molecule has 0 spiro atoms. The lowest BCUT2D eigenvalue weighted by atomic mass is 10.1. The maximum atomic E-state index is 12.0. The molecule has 0 aliphatic rings. The van der Waals surface area contributed by atoms with E-state index in [-0.39, 0.29) is 5.78 Å². The quantitative estimate of drug-likeness (QED) is 0.724. The van der Waals surface area contributed by atoms with Crippen LogP contribution in [-0.2, 0) is 0 Å². The molecule has 0 saturated heterocycles. The molecule has 0 unspecified atom stereocenters. The smallest absolute Gasteiger partial charge is 0.195 e. The lowest BCUT2D eigenvalue weighted by Crippen LogP contribution is -2.02. The van der Waals surface area contributed by atoms with Crippen molar-refractivity contribution in [2.24, 2.45) is 0 Å². The van der Waals surface area contributed by atoms with E-state index in [1.165, 1.54) is 0 Å². The van der Waals surface area contributed by atoms with Crippen LogP contribution in [0.1, 0.15) is 26.4 Å². The van der Waals surface area contributed by atoms with Gasteiger partial charge in [0.2, 0.25) is 0 Å². The van der Waals surface area contributed by atoms with Crippen molar-refractivity contribution in [3.8, 4) is 0 Å². The molecule has 76 valence electrons. The van der Waals surface area contributed by atoms with E-state index in [1.54, 1.807) is 23.7 Å². The molecular formula is C12H11NOS. The number of pyridine rings is 1. The summed E-state index contributed by atoms with van der Waals surface area (Å²) in [6.07, 6.45) is 3.36. The first-order valence-electron chi connectivity index (χ1n) is 4.69. The largest absolute Gasteiger partial charge is 0.289 e. The second-order valence-corrected chi connectivity index (χ2v) is 4.59. The SMILES string of the molecule is Cc1cncc(C(=O)c2ccsc2C)c1. The fourth-order valence-electron chi connectivity index (χ4n) is 1.46. The van der Waals surface area contributed by atoms with Gasteiger partial charge in [0.05, 0.1) is 0 Å². The highest BCUT2D eigenvalue weighted by Crippen LogP contribution is 2.18. The van der Waals surface area contributed by atoms with Crippen molar-refractivity contribution in [1.29, 1.82) is 0 Å². The van der Waals surface area contributed by atoms with E-state index in [0.717, 1.165) is 16.0 Å². The molecule has 0 saturated carbocycles. The molecule has 2 rings (SSSR count). The van der Waals surface area contributed by atoms with Gasteiger partial charge >= 0.3 is 0 Å². The Morgan fingerprint density at radius 2 is 2.13 bits per heavy atom. The molecule has 0 amide bonds. The summed E-state index contributed by atoms with van der Waals surface area (Å²) in [6, 6.07) is 3.73. The summed E-state index contributed by atoms with van der Waals surface area (Å²) in [5, 5.41) is 1.94. The molecule has 2 nitrogen and oxygen atoms in total. The maximum absolute atomic E-state index is 12.0. The first-order chi connectivity index (χ1) is 7.18. The van der Waals surface area contributed by atoms with Crippen molar-refractivity contribution in [3.63, 3.8) is 0 Å². The van der Waals surface area contributed by atoms with E-state index in [0.29, 0.717) is 5.56 Å². The van der Waals surface area contributed by atoms with Gasteiger partial charge < -0.3 is 0 Å². The Bertz CT molecular complexity index is 502. The molecule has 0 aliphatic heterocycles. The molecule has 0 aliphatic carbocycles. The van der Waals surface area contributed by atoms with Crippen LogP contribution in [0, 0.1) is 13.8 Å². The molecule has 0 fully saturated rings. The lowest BCUT2D eigenvalue weighted by molar-refractivity contribution is 0.103. The van der Waals surface area contributed by atoms with Crippen molar-refractivity contribution in [1.82, 2.24) is 4.98 Å². The van der Waals surface area contributed by atoms with Crippen molar-refractivity contribution in [3.05, 3.63) is 51.5 Å². The molecule has 3 heteroatoms. The first-order valence-corrected chi connectivity index (χ1v) is 5.57. The predicted octanol–water partition coefficient (Wildman–Crippen LogP) is 2.99. The number of hydrogen-bond donors (Lipinski definition) is 0. The van der Waals surface area contributed by atoms with Crippen molar-refractivity contribution in [2.75, 3.05) is 0 Å². The Morgan fingerprint density at radius 3 is 2.73 bits per heavy atom. The van der Waals surface area contributed by atoms with Crippen LogP contribution in [0.3, 0.4) is 0 Å². The van der Waals surface area contributed by atoms with Crippen LogP contribution in [0.5, 0.6) is 0 Å². The van der Waals surface area contributed by atoms with E-state index in [4.69, 9.17) is 0 Å². The minimum atomic E-state index is 0.0601. The summed E-state index contributed by atoms with van der Waals surface area (Å²) >= 11 is 1.59. The van der Waals surface area contributed by atoms with Crippen LogP contribution in [0.4, 0.5) is 0 Å². The van der Waals surface area contributed by atoms with E-state index in [2.05, 4.69) is 4.98 Å². The van der Waals surface area contributed by atoms with Gasteiger partial charge in [0.1, 0.15) is 0 Å². The van der Waals surface area contributed by atoms with Crippen LogP contribution in [0.25, 0.3) is 0 Å². The number of nitrogens with zero attached hydrogens (tertiary/aromatic N) is 1. The third-order valence-corrected chi connectivity index (χ3v) is 3.09. The Balaban J connectivity index is 2.41.